The molecular formula is C39H41ClN10O6. The number of rotatable bonds is 9. The molecule has 2 aromatic heterocycles. The zero-order valence-corrected chi connectivity index (χ0v) is 31.4. The number of fused-ring (bicyclic) bond motifs is 1. The van der Waals surface area contributed by atoms with Crippen LogP contribution in [0.25, 0.3) is 0 Å². The Hall–Kier alpha value is -5.66. The van der Waals surface area contributed by atoms with Crippen LogP contribution in [0.5, 0.6) is 5.75 Å². The van der Waals surface area contributed by atoms with Crippen molar-refractivity contribution in [1.82, 2.24) is 30.3 Å². The highest BCUT2D eigenvalue weighted by atomic mass is 35.5. The van der Waals surface area contributed by atoms with Crippen molar-refractivity contribution in [3.63, 3.8) is 0 Å². The molecule has 56 heavy (non-hydrogen) atoms. The number of nitrogens with one attached hydrogen (secondary N) is 2. The van der Waals surface area contributed by atoms with Crippen LogP contribution in [0.15, 0.2) is 42.6 Å². The predicted molar refractivity (Wildman–Crippen MR) is 203 cm³/mol. The van der Waals surface area contributed by atoms with E-state index in [2.05, 4.69) is 40.5 Å². The SMILES string of the molecule is N#Cc1ncc(O[C@@H]2CC[C@@H](C(=O)Nc3ccc(N4CCC(CN5CCN(c6ccc7c(c6)C(=O)N(C6CCC(=O)NC6=O)C7=O)CC5)CC4)nn3)C2)cc1Cl. The molecule has 1 saturated carbocycles. The minimum atomic E-state index is -0.978. The fourth-order valence-corrected chi connectivity index (χ4v) is 8.59. The number of halogens is 1. The number of carbonyl (C=O) groups is 5. The number of carbonyl (C=O) groups excluding carboxylic acids is 5. The first-order valence-electron chi connectivity index (χ1n) is 19.1. The molecule has 1 aliphatic carbocycles. The van der Waals surface area contributed by atoms with E-state index in [0.29, 0.717) is 42.3 Å². The molecule has 3 aromatic rings. The number of aromatic nitrogens is 3. The van der Waals surface area contributed by atoms with E-state index >= 15 is 0 Å². The molecule has 0 radical (unpaired) electrons. The molecule has 16 nitrogen and oxygen atoms in total. The molecule has 1 unspecified atom stereocenters. The summed E-state index contributed by atoms with van der Waals surface area (Å²) in [7, 11) is 0. The van der Waals surface area contributed by atoms with Crippen molar-refractivity contribution >= 4 is 58.5 Å². The number of amides is 5. The highest BCUT2D eigenvalue weighted by Gasteiger charge is 2.45. The summed E-state index contributed by atoms with van der Waals surface area (Å²) in [6.45, 7) is 6.07. The minimum absolute atomic E-state index is 0.0866. The second kappa shape index (κ2) is 15.8. The van der Waals surface area contributed by atoms with Crippen LogP contribution in [-0.2, 0) is 14.4 Å². The number of ether oxygens (including phenoxy) is 1. The van der Waals surface area contributed by atoms with Gasteiger partial charge in [-0.05, 0) is 74.8 Å². The molecule has 1 aromatic carbocycles. The number of anilines is 3. The average Bonchev–Trinajstić information content (AvgIpc) is 3.77. The Morgan fingerprint density at radius 3 is 2.41 bits per heavy atom. The van der Waals surface area contributed by atoms with Gasteiger partial charge in [0.2, 0.25) is 17.7 Å². The Balaban J connectivity index is 0.762. The molecule has 5 aliphatic rings. The van der Waals surface area contributed by atoms with Crippen molar-refractivity contribution < 1.29 is 28.7 Å². The van der Waals surface area contributed by atoms with Crippen LogP contribution in [0.1, 0.15) is 71.4 Å². The van der Waals surface area contributed by atoms with Crippen LogP contribution in [0.3, 0.4) is 0 Å². The molecule has 17 heteroatoms. The molecule has 5 amide bonds. The maximum absolute atomic E-state index is 13.3. The van der Waals surface area contributed by atoms with E-state index in [4.69, 9.17) is 21.6 Å². The number of benzene rings is 1. The maximum Gasteiger partial charge on any atom is 0.262 e. The van der Waals surface area contributed by atoms with Crippen molar-refractivity contribution in [2.75, 3.05) is 60.9 Å². The van der Waals surface area contributed by atoms with E-state index in [1.807, 2.05) is 18.2 Å². The summed E-state index contributed by atoms with van der Waals surface area (Å²) in [5, 5.41) is 23.1. The Morgan fingerprint density at radius 1 is 0.911 bits per heavy atom. The number of imide groups is 2. The second-order valence-electron chi connectivity index (χ2n) is 15.0. The smallest absolute Gasteiger partial charge is 0.262 e. The van der Waals surface area contributed by atoms with E-state index in [9.17, 15) is 24.0 Å². The quantitative estimate of drug-likeness (QED) is 0.301. The lowest BCUT2D eigenvalue weighted by Gasteiger charge is -2.39. The van der Waals surface area contributed by atoms with Crippen molar-refractivity contribution in [2.24, 2.45) is 11.8 Å². The molecular weight excluding hydrogens is 740 g/mol. The topological polar surface area (TPSA) is 194 Å². The summed E-state index contributed by atoms with van der Waals surface area (Å²) in [5.74, 6) is -0.116. The van der Waals surface area contributed by atoms with Crippen LogP contribution < -0.4 is 25.2 Å². The lowest BCUT2D eigenvalue weighted by Crippen LogP contribution is -2.54. The fraction of sp³-hybridized carbons (Fsp3) is 0.462. The van der Waals surface area contributed by atoms with Gasteiger partial charge in [0.05, 0.1) is 28.5 Å². The van der Waals surface area contributed by atoms with Gasteiger partial charge in [-0.15, -0.1) is 10.2 Å². The Labute approximate surface area is 328 Å². The van der Waals surface area contributed by atoms with Crippen LogP contribution in [0.4, 0.5) is 17.3 Å². The molecule has 290 valence electrons. The predicted octanol–water partition coefficient (Wildman–Crippen LogP) is 3.02. The van der Waals surface area contributed by atoms with E-state index in [1.165, 1.54) is 6.20 Å². The number of pyridine rings is 1. The molecule has 4 fully saturated rings. The Morgan fingerprint density at radius 2 is 1.70 bits per heavy atom. The van der Waals surface area contributed by atoms with Gasteiger partial charge in [-0.25, -0.2) is 4.98 Å². The van der Waals surface area contributed by atoms with Gasteiger partial charge in [-0.1, -0.05) is 11.6 Å². The molecule has 3 atom stereocenters. The van der Waals surface area contributed by atoms with Gasteiger partial charge in [-0.3, -0.25) is 39.1 Å². The third-order valence-corrected chi connectivity index (χ3v) is 11.8. The van der Waals surface area contributed by atoms with Crippen molar-refractivity contribution in [1.29, 1.82) is 5.26 Å². The first-order chi connectivity index (χ1) is 27.1. The number of nitrogens with zero attached hydrogens (tertiary/aromatic N) is 8. The van der Waals surface area contributed by atoms with Crippen LogP contribution >= 0.6 is 11.6 Å². The molecule has 3 saturated heterocycles. The highest BCUT2D eigenvalue weighted by Crippen LogP contribution is 2.33. The summed E-state index contributed by atoms with van der Waals surface area (Å²) in [6, 6.07) is 11.5. The standard InChI is InChI=1S/C39H41ClN10O6/c40-30-19-27(21-42-31(30)20-41)56-26-3-1-24(17-26)36(52)43-33-6-7-34(46-45-33)49-11-9-23(10-12-49)22-47-13-15-48(16-14-47)25-2-4-28-29(18-25)39(55)50(38(28)54)32-5-8-35(51)44-37(32)53/h2,4,6-7,18-19,21,23-24,26,32H,1,3,5,8-17,22H2,(H,43,45,52)(H,44,51,53)/t24-,26-,32?/m1/s1. The van der Waals surface area contributed by atoms with Gasteiger partial charge in [0.15, 0.2) is 17.3 Å². The molecule has 4 aliphatic heterocycles. The fourth-order valence-electron chi connectivity index (χ4n) is 8.39. The molecule has 0 bridgehead atoms. The minimum Gasteiger partial charge on any atom is -0.489 e. The summed E-state index contributed by atoms with van der Waals surface area (Å²) in [6.07, 6.45) is 5.53. The van der Waals surface area contributed by atoms with Gasteiger partial charge >= 0.3 is 0 Å². The second-order valence-corrected chi connectivity index (χ2v) is 15.4. The zero-order valence-electron chi connectivity index (χ0n) is 30.7. The first-order valence-corrected chi connectivity index (χ1v) is 19.5. The normalized spacial score (nSPS) is 23.2. The van der Waals surface area contributed by atoms with Gasteiger partial charge in [0, 0.05) is 69.9 Å². The van der Waals surface area contributed by atoms with Crippen molar-refractivity contribution in [2.45, 2.75) is 57.1 Å². The first kappa shape index (κ1) is 37.3. The molecule has 2 N–H and O–H groups in total. The van der Waals surface area contributed by atoms with E-state index in [-0.39, 0.29) is 47.1 Å². The summed E-state index contributed by atoms with van der Waals surface area (Å²) in [4.78, 5) is 75.4. The van der Waals surface area contributed by atoms with Crippen LogP contribution in [0, 0.1) is 23.2 Å². The van der Waals surface area contributed by atoms with Gasteiger partial charge in [0.25, 0.3) is 11.8 Å². The maximum atomic E-state index is 13.3. The lowest BCUT2D eigenvalue weighted by atomic mass is 9.96. The lowest BCUT2D eigenvalue weighted by molar-refractivity contribution is -0.136. The molecule has 0 spiro atoms. The average molecular weight is 781 g/mol. The number of piperazine rings is 1. The zero-order chi connectivity index (χ0) is 38.9. The number of nitriles is 1. The third kappa shape index (κ3) is 7.74. The summed E-state index contributed by atoms with van der Waals surface area (Å²) >= 11 is 6.07. The monoisotopic (exact) mass is 780 g/mol. The highest BCUT2D eigenvalue weighted by molar-refractivity contribution is 6.31. The largest absolute Gasteiger partial charge is 0.489 e. The summed E-state index contributed by atoms with van der Waals surface area (Å²) in [5.41, 5.74) is 1.60. The van der Waals surface area contributed by atoms with Gasteiger partial charge in [-0.2, -0.15) is 5.26 Å². The Kier molecular flexibility index (Phi) is 10.5. The van der Waals surface area contributed by atoms with E-state index in [1.54, 1.807) is 24.3 Å². The van der Waals surface area contributed by atoms with Crippen molar-refractivity contribution in [3.05, 3.63) is 64.4 Å². The third-order valence-electron chi connectivity index (χ3n) is 11.5. The number of piperidine rings is 2. The van der Waals surface area contributed by atoms with Gasteiger partial charge < -0.3 is 19.9 Å². The molecule has 6 heterocycles. The molecule has 8 rings (SSSR count). The van der Waals surface area contributed by atoms with E-state index < -0.39 is 29.7 Å². The van der Waals surface area contributed by atoms with Crippen molar-refractivity contribution in [3.8, 4) is 11.8 Å². The number of hydrogen-bond donors (Lipinski definition) is 2. The van der Waals surface area contributed by atoms with E-state index in [0.717, 1.165) is 75.1 Å². The van der Waals surface area contributed by atoms with Crippen LogP contribution in [0.2, 0.25) is 5.02 Å². The Bertz CT molecular complexity index is 2090. The van der Waals surface area contributed by atoms with Gasteiger partial charge in [0.1, 0.15) is 17.9 Å². The van der Waals surface area contributed by atoms with Crippen LogP contribution in [-0.4, -0.2) is 112 Å². The number of hydrogen-bond acceptors (Lipinski definition) is 13. The summed E-state index contributed by atoms with van der Waals surface area (Å²) < 4.78 is 5.97.